The highest BCUT2D eigenvalue weighted by atomic mass is 32.1. The zero-order valence-electron chi connectivity index (χ0n) is 13.2. The van der Waals surface area contributed by atoms with Gasteiger partial charge in [-0.2, -0.15) is 8.78 Å². The van der Waals surface area contributed by atoms with Crippen LogP contribution in [0.25, 0.3) is 6.08 Å². The molecule has 1 aromatic carbocycles. The first-order valence-corrected chi connectivity index (χ1v) is 8.32. The summed E-state index contributed by atoms with van der Waals surface area (Å²) >= 11 is 1.34. The number of aromatic nitrogens is 2. The number of nitrogens with one attached hydrogen (secondary N) is 1. The van der Waals surface area contributed by atoms with Gasteiger partial charge in [-0.15, -0.1) is 10.2 Å². The van der Waals surface area contributed by atoms with Crippen LogP contribution in [0, 0.1) is 0 Å². The minimum absolute atomic E-state index is 0.129. The molecule has 0 radical (unpaired) electrons. The molecule has 1 aliphatic carbocycles. The van der Waals surface area contributed by atoms with Crippen molar-refractivity contribution in [1.82, 2.24) is 10.2 Å². The fraction of sp³-hybridized carbons (Fsp3) is 0.312. The molecule has 0 aliphatic heterocycles. The number of para-hydroxylation sites is 1. The summed E-state index contributed by atoms with van der Waals surface area (Å²) in [6, 6.07) is 4.65. The molecule has 0 saturated heterocycles. The molecule has 1 saturated carbocycles. The van der Waals surface area contributed by atoms with Crippen LogP contribution in [0.4, 0.5) is 13.9 Å². The van der Waals surface area contributed by atoms with Gasteiger partial charge in [0.1, 0.15) is 5.01 Å². The van der Waals surface area contributed by atoms with Gasteiger partial charge in [0.05, 0.1) is 7.11 Å². The minimum Gasteiger partial charge on any atom is -0.493 e. The summed E-state index contributed by atoms with van der Waals surface area (Å²) in [4.78, 5) is 12.0. The van der Waals surface area contributed by atoms with Gasteiger partial charge in [0.25, 0.3) is 0 Å². The standard InChI is InChI=1S/C16H15F2N3O3S/c1-23-11-4-2-3-9(13(11)24-15(17)18)7-8-12(22)19-16-21-20-14(25-16)10-5-6-10/h2-4,7-8,10,15H,5-6H2,1H3,(H,19,21,22). The van der Waals surface area contributed by atoms with Gasteiger partial charge in [0.2, 0.25) is 11.0 Å². The number of alkyl halides is 2. The third-order valence-electron chi connectivity index (χ3n) is 3.45. The van der Waals surface area contributed by atoms with Crippen molar-refractivity contribution >= 4 is 28.5 Å². The van der Waals surface area contributed by atoms with Gasteiger partial charge in [-0.3, -0.25) is 10.1 Å². The zero-order valence-corrected chi connectivity index (χ0v) is 14.1. The molecule has 1 heterocycles. The number of carbonyl (C=O) groups is 1. The van der Waals surface area contributed by atoms with E-state index in [1.54, 1.807) is 12.1 Å². The molecule has 132 valence electrons. The Morgan fingerprint density at radius 1 is 1.40 bits per heavy atom. The van der Waals surface area contributed by atoms with Crippen molar-refractivity contribution in [2.45, 2.75) is 25.4 Å². The Balaban J connectivity index is 1.70. The Kier molecular flexibility index (Phi) is 5.22. The summed E-state index contributed by atoms with van der Waals surface area (Å²) in [5.41, 5.74) is 0.297. The van der Waals surface area contributed by atoms with E-state index < -0.39 is 12.5 Å². The summed E-state index contributed by atoms with van der Waals surface area (Å²) in [6.45, 7) is -3.00. The molecule has 0 spiro atoms. The SMILES string of the molecule is COc1cccc(C=CC(=O)Nc2nnc(C3CC3)s2)c1OC(F)F. The van der Waals surface area contributed by atoms with Crippen molar-refractivity contribution in [2.75, 3.05) is 12.4 Å². The summed E-state index contributed by atoms with van der Waals surface area (Å²) < 4.78 is 34.7. The third kappa shape index (κ3) is 4.50. The highest BCUT2D eigenvalue weighted by Gasteiger charge is 2.27. The molecule has 1 aliphatic rings. The average Bonchev–Trinajstić information content (AvgIpc) is 3.33. The van der Waals surface area contributed by atoms with Gasteiger partial charge in [-0.1, -0.05) is 23.5 Å². The lowest BCUT2D eigenvalue weighted by atomic mass is 10.1. The fourth-order valence-electron chi connectivity index (χ4n) is 2.13. The predicted octanol–water partition coefficient (Wildman–Crippen LogP) is 3.68. The number of methoxy groups -OCH3 is 1. The summed E-state index contributed by atoms with van der Waals surface area (Å²) in [6.07, 6.45) is 4.79. The zero-order chi connectivity index (χ0) is 17.8. The van der Waals surface area contributed by atoms with Crippen LogP contribution in [-0.4, -0.2) is 29.8 Å². The van der Waals surface area contributed by atoms with Crippen molar-refractivity contribution in [3.05, 3.63) is 34.8 Å². The molecule has 9 heteroatoms. The molecular weight excluding hydrogens is 352 g/mol. The van der Waals surface area contributed by atoms with Crippen molar-refractivity contribution in [2.24, 2.45) is 0 Å². The van der Waals surface area contributed by atoms with Gasteiger partial charge in [0, 0.05) is 17.6 Å². The molecule has 3 rings (SSSR count). The number of carbonyl (C=O) groups excluding carboxylic acids is 1. The molecule has 1 fully saturated rings. The number of benzene rings is 1. The average molecular weight is 367 g/mol. The Bertz CT molecular complexity index is 791. The molecule has 0 unspecified atom stereocenters. The second-order valence-corrected chi connectivity index (χ2v) is 6.31. The maximum Gasteiger partial charge on any atom is 0.387 e. The lowest BCUT2D eigenvalue weighted by molar-refractivity contribution is -0.111. The molecule has 0 bridgehead atoms. The van der Waals surface area contributed by atoms with E-state index in [1.165, 1.54) is 36.7 Å². The number of hydrogen-bond donors (Lipinski definition) is 1. The molecule has 1 N–H and O–H groups in total. The summed E-state index contributed by atoms with van der Waals surface area (Å²) in [5.74, 6) is 0.0471. The molecule has 6 nitrogen and oxygen atoms in total. The van der Waals surface area contributed by atoms with Gasteiger partial charge >= 0.3 is 6.61 Å². The molecule has 0 atom stereocenters. The number of ether oxygens (including phenoxy) is 2. The van der Waals surface area contributed by atoms with E-state index in [0.29, 0.717) is 16.6 Å². The topological polar surface area (TPSA) is 73.3 Å². The largest absolute Gasteiger partial charge is 0.493 e. The van der Waals surface area contributed by atoms with Crippen LogP contribution < -0.4 is 14.8 Å². The number of halogens is 2. The lowest BCUT2D eigenvalue weighted by Crippen LogP contribution is -2.08. The number of amides is 1. The predicted molar refractivity (Wildman–Crippen MR) is 89.2 cm³/mol. The second kappa shape index (κ2) is 7.56. The first kappa shape index (κ1) is 17.3. The normalized spacial score (nSPS) is 14.1. The van der Waals surface area contributed by atoms with E-state index in [0.717, 1.165) is 17.8 Å². The van der Waals surface area contributed by atoms with E-state index >= 15 is 0 Å². The Morgan fingerprint density at radius 2 is 2.20 bits per heavy atom. The first-order chi connectivity index (χ1) is 12.1. The molecular formula is C16H15F2N3O3S. The number of anilines is 1. The van der Waals surface area contributed by atoms with Crippen LogP contribution in [0.1, 0.15) is 29.3 Å². The Hall–Kier alpha value is -2.55. The van der Waals surface area contributed by atoms with E-state index in [2.05, 4.69) is 20.3 Å². The van der Waals surface area contributed by atoms with E-state index in [-0.39, 0.29) is 11.5 Å². The monoisotopic (exact) mass is 367 g/mol. The number of hydrogen-bond acceptors (Lipinski definition) is 6. The van der Waals surface area contributed by atoms with Gasteiger partial charge in [-0.25, -0.2) is 0 Å². The summed E-state index contributed by atoms with van der Waals surface area (Å²) in [5, 5.41) is 11.9. The number of nitrogens with zero attached hydrogens (tertiary/aromatic N) is 2. The van der Waals surface area contributed by atoms with Gasteiger partial charge < -0.3 is 9.47 Å². The van der Waals surface area contributed by atoms with Gasteiger partial charge in [-0.05, 0) is 25.0 Å². The van der Waals surface area contributed by atoms with Gasteiger partial charge in [0.15, 0.2) is 11.5 Å². The van der Waals surface area contributed by atoms with E-state index in [1.807, 2.05) is 0 Å². The van der Waals surface area contributed by atoms with Crippen LogP contribution in [-0.2, 0) is 4.79 Å². The van der Waals surface area contributed by atoms with Crippen LogP contribution in [0.2, 0.25) is 0 Å². The van der Waals surface area contributed by atoms with Crippen LogP contribution in [0.15, 0.2) is 24.3 Å². The van der Waals surface area contributed by atoms with E-state index in [9.17, 15) is 13.6 Å². The van der Waals surface area contributed by atoms with Crippen LogP contribution in [0.5, 0.6) is 11.5 Å². The van der Waals surface area contributed by atoms with Crippen molar-refractivity contribution in [3.8, 4) is 11.5 Å². The van der Waals surface area contributed by atoms with Crippen molar-refractivity contribution < 1.29 is 23.0 Å². The fourth-order valence-corrected chi connectivity index (χ4v) is 3.05. The molecule has 1 amide bonds. The maximum atomic E-state index is 12.6. The lowest BCUT2D eigenvalue weighted by Gasteiger charge is -2.12. The quantitative estimate of drug-likeness (QED) is 0.756. The Labute approximate surface area is 146 Å². The van der Waals surface area contributed by atoms with Crippen LogP contribution in [0.3, 0.4) is 0 Å². The smallest absolute Gasteiger partial charge is 0.387 e. The Morgan fingerprint density at radius 3 is 2.88 bits per heavy atom. The third-order valence-corrected chi connectivity index (χ3v) is 4.45. The van der Waals surface area contributed by atoms with Crippen molar-refractivity contribution in [1.29, 1.82) is 0 Å². The highest BCUT2D eigenvalue weighted by molar-refractivity contribution is 7.15. The first-order valence-electron chi connectivity index (χ1n) is 7.51. The minimum atomic E-state index is -3.00. The van der Waals surface area contributed by atoms with Crippen LogP contribution >= 0.6 is 11.3 Å². The van der Waals surface area contributed by atoms with E-state index in [4.69, 9.17) is 4.74 Å². The summed E-state index contributed by atoms with van der Waals surface area (Å²) in [7, 11) is 1.35. The maximum absolute atomic E-state index is 12.6. The highest BCUT2D eigenvalue weighted by Crippen LogP contribution is 2.42. The molecule has 25 heavy (non-hydrogen) atoms. The number of rotatable bonds is 7. The van der Waals surface area contributed by atoms with Crippen molar-refractivity contribution in [3.63, 3.8) is 0 Å². The second-order valence-electron chi connectivity index (χ2n) is 5.30. The molecule has 2 aromatic rings. The molecule has 1 aromatic heterocycles.